The number of morpholine rings is 1. The Hall–Kier alpha value is -2.42. The maximum Gasteiger partial charge on any atom is 0.228 e. The molecule has 0 saturated carbocycles. The van der Waals surface area contributed by atoms with Crippen LogP contribution in [0.15, 0.2) is 24.4 Å². The predicted octanol–water partition coefficient (Wildman–Crippen LogP) is 3.43. The highest BCUT2D eigenvalue weighted by atomic mass is 35.5. The molecule has 30 heavy (non-hydrogen) atoms. The van der Waals surface area contributed by atoms with Crippen LogP contribution in [0.2, 0.25) is 5.02 Å². The molecular weight excluding hydrogens is 409 g/mol. The average molecular weight is 430 g/mol. The van der Waals surface area contributed by atoms with Gasteiger partial charge in [-0.15, -0.1) is 0 Å². The van der Waals surface area contributed by atoms with Crippen LogP contribution in [0.25, 0.3) is 22.4 Å². The van der Waals surface area contributed by atoms with E-state index < -0.39 is 5.82 Å². The standard InChI is InChI=1S/C21H21ClFN5O2/c1-12-9-24-19-18(15-3-2-14(22)8-16(15)23)26-21(27-20(19)25-12)28-5-7-30-17(10-28)13-4-6-29-11-13/h2-3,8-9,13,17H,4-7,10-11H2,1H3/t13-,17-/m1/s1. The van der Waals surface area contributed by atoms with Crippen molar-refractivity contribution in [2.45, 2.75) is 19.4 Å². The second-order valence-electron chi connectivity index (χ2n) is 7.66. The fraction of sp³-hybridized carbons (Fsp3) is 0.429. The second kappa shape index (κ2) is 8.02. The molecule has 0 radical (unpaired) electrons. The van der Waals surface area contributed by atoms with Gasteiger partial charge in [0.1, 0.15) is 17.0 Å². The molecule has 2 saturated heterocycles. The van der Waals surface area contributed by atoms with Crippen molar-refractivity contribution in [2.24, 2.45) is 5.92 Å². The summed E-state index contributed by atoms with van der Waals surface area (Å²) in [5, 5.41) is 0.326. The summed E-state index contributed by atoms with van der Waals surface area (Å²) in [4.78, 5) is 20.4. The molecule has 0 amide bonds. The number of anilines is 1. The molecule has 0 unspecified atom stereocenters. The van der Waals surface area contributed by atoms with E-state index in [0.29, 0.717) is 65.6 Å². The van der Waals surface area contributed by atoms with Crippen molar-refractivity contribution in [1.82, 2.24) is 19.9 Å². The van der Waals surface area contributed by atoms with Gasteiger partial charge in [0, 0.05) is 42.4 Å². The van der Waals surface area contributed by atoms with Crippen molar-refractivity contribution >= 4 is 28.7 Å². The Morgan fingerprint density at radius 3 is 2.90 bits per heavy atom. The monoisotopic (exact) mass is 429 g/mol. The zero-order valence-electron chi connectivity index (χ0n) is 16.5. The van der Waals surface area contributed by atoms with E-state index in [2.05, 4.69) is 19.9 Å². The van der Waals surface area contributed by atoms with Crippen LogP contribution in [0.5, 0.6) is 0 Å². The summed E-state index contributed by atoms with van der Waals surface area (Å²) < 4.78 is 26.3. The molecule has 2 aromatic heterocycles. The summed E-state index contributed by atoms with van der Waals surface area (Å²) >= 11 is 5.94. The Morgan fingerprint density at radius 1 is 1.20 bits per heavy atom. The Balaban J connectivity index is 1.58. The van der Waals surface area contributed by atoms with Crippen LogP contribution >= 0.6 is 11.6 Å². The zero-order valence-corrected chi connectivity index (χ0v) is 17.3. The van der Waals surface area contributed by atoms with Crippen LogP contribution < -0.4 is 4.90 Å². The molecule has 3 aromatic rings. The van der Waals surface area contributed by atoms with Crippen molar-refractivity contribution in [3.05, 3.63) is 40.9 Å². The number of halogens is 2. The zero-order chi connectivity index (χ0) is 20.7. The SMILES string of the molecule is Cc1cnc2c(-c3ccc(Cl)cc3F)nc(N3CCO[C@@H]([C@@H]4CCOC4)C3)nc2n1. The summed E-state index contributed by atoms with van der Waals surface area (Å²) in [6, 6.07) is 4.53. The van der Waals surface area contributed by atoms with Crippen LogP contribution in [0.1, 0.15) is 12.1 Å². The van der Waals surface area contributed by atoms with Crippen LogP contribution in [-0.2, 0) is 9.47 Å². The normalized spacial score (nSPS) is 22.0. The Morgan fingerprint density at radius 2 is 2.10 bits per heavy atom. The molecule has 2 aliphatic rings. The van der Waals surface area contributed by atoms with Crippen molar-refractivity contribution in [1.29, 1.82) is 0 Å². The number of hydrogen-bond acceptors (Lipinski definition) is 7. The third-order valence-electron chi connectivity index (χ3n) is 5.57. The van der Waals surface area contributed by atoms with Gasteiger partial charge in [-0.3, -0.25) is 0 Å². The molecule has 4 heterocycles. The predicted molar refractivity (Wildman–Crippen MR) is 111 cm³/mol. The van der Waals surface area contributed by atoms with Crippen molar-refractivity contribution in [3.63, 3.8) is 0 Å². The minimum absolute atomic E-state index is 0.0554. The maximum atomic E-state index is 14.7. The molecule has 0 aliphatic carbocycles. The lowest BCUT2D eigenvalue weighted by Crippen LogP contribution is -2.46. The number of nitrogens with zero attached hydrogens (tertiary/aromatic N) is 5. The molecule has 1 aromatic carbocycles. The topological polar surface area (TPSA) is 73.3 Å². The van der Waals surface area contributed by atoms with Gasteiger partial charge >= 0.3 is 0 Å². The first-order chi connectivity index (χ1) is 14.6. The third-order valence-corrected chi connectivity index (χ3v) is 5.80. The number of rotatable bonds is 3. The Labute approximate surface area is 178 Å². The Bertz CT molecular complexity index is 1090. The number of aryl methyl sites for hydroxylation is 1. The summed E-state index contributed by atoms with van der Waals surface area (Å²) in [5.74, 6) is 0.404. The van der Waals surface area contributed by atoms with E-state index in [4.69, 9.17) is 26.1 Å². The highest BCUT2D eigenvalue weighted by Gasteiger charge is 2.32. The Kier molecular flexibility index (Phi) is 5.22. The molecule has 2 atom stereocenters. The summed E-state index contributed by atoms with van der Waals surface area (Å²) in [6.45, 7) is 5.21. The van der Waals surface area contributed by atoms with Crippen molar-refractivity contribution < 1.29 is 13.9 Å². The number of fused-ring (bicyclic) bond motifs is 1. The van der Waals surface area contributed by atoms with Crippen LogP contribution in [-0.4, -0.2) is 59.0 Å². The second-order valence-corrected chi connectivity index (χ2v) is 8.10. The van der Waals surface area contributed by atoms with E-state index in [-0.39, 0.29) is 6.10 Å². The minimum atomic E-state index is -0.459. The van der Waals surface area contributed by atoms with Gasteiger partial charge in [-0.25, -0.2) is 19.3 Å². The molecular formula is C21H21ClFN5O2. The quantitative estimate of drug-likeness (QED) is 0.631. The van der Waals surface area contributed by atoms with Gasteiger partial charge in [-0.2, -0.15) is 4.98 Å². The minimum Gasteiger partial charge on any atom is -0.381 e. The van der Waals surface area contributed by atoms with Gasteiger partial charge in [0.05, 0.1) is 25.0 Å². The van der Waals surface area contributed by atoms with E-state index in [0.717, 1.165) is 18.7 Å². The summed E-state index contributed by atoms with van der Waals surface area (Å²) in [7, 11) is 0. The van der Waals surface area contributed by atoms with E-state index in [9.17, 15) is 4.39 Å². The number of ether oxygens (including phenoxy) is 2. The molecule has 0 spiro atoms. The van der Waals surface area contributed by atoms with Gasteiger partial charge in [0.15, 0.2) is 5.65 Å². The van der Waals surface area contributed by atoms with E-state index in [1.54, 1.807) is 18.3 Å². The van der Waals surface area contributed by atoms with E-state index >= 15 is 0 Å². The molecule has 0 N–H and O–H groups in total. The smallest absolute Gasteiger partial charge is 0.228 e. The lowest BCUT2D eigenvalue weighted by molar-refractivity contribution is -0.00167. The van der Waals surface area contributed by atoms with Gasteiger partial charge in [-0.1, -0.05) is 11.6 Å². The molecule has 7 nitrogen and oxygen atoms in total. The van der Waals surface area contributed by atoms with Gasteiger partial charge in [0.2, 0.25) is 5.95 Å². The molecule has 156 valence electrons. The first-order valence-electron chi connectivity index (χ1n) is 9.99. The van der Waals surface area contributed by atoms with Gasteiger partial charge in [0.25, 0.3) is 0 Å². The first kappa shape index (κ1) is 19.5. The molecule has 2 fully saturated rings. The molecule has 2 aliphatic heterocycles. The summed E-state index contributed by atoms with van der Waals surface area (Å²) in [5.41, 5.74) is 2.36. The van der Waals surface area contributed by atoms with E-state index in [1.165, 1.54) is 6.07 Å². The third kappa shape index (κ3) is 3.71. The van der Waals surface area contributed by atoms with Crippen molar-refractivity contribution in [3.8, 4) is 11.3 Å². The fourth-order valence-electron chi connectivity index (χ4n) is 3.98. The average Bonchev–Trinajstić information content (AvgIpc) is 3.28. The fourth-order valence-corrected chi connectivity index (χ4v) is 4.14. The van der Waals surface area contributed by atoms with Crippen LogP contribution in [0.3, 0.4) is 0 Å². The number of aromatic nitrogens is 4. The molecule has 0 bridgehead atoms. The van der Waals surface area contributed by atoms with Crippen LogP contribution in [0, 0.1) is 18.7 Å². The molecule has 9 heteroatoms. The lowest BCUT2D eigenvalue weighted by Gasteiger charge is -2.35. The first-order valence-corrected chi connectivity index (χ1v) is 10.4. The van der Waals surface area contributed by atoms with Crippen LogP contribution in [0.4, 0.5) is 10.3 Å². The maximum absolute atomic E-state index is 14.7. The summed E-state index contributed by atoms with van der Waals surface area (Å²) in [6.07, 6.45) is 2.68. The van der Waals surface area contributed by atoms with Crippen molar-refractivity contribution in [2.75, 3.05) is 37.8 Å². The van der Waals surface area contributed by atoms with E-state index in [1.807, 2.05) is 6.92 Å². The van der Waals surface area contributed by atoms with Gasteiger partial charge in [-0.05, 0) is 31.5 Å². The lowest BCUT2D eigenvalue weighted by atomic mass is 10.0. The number of hydrogen-bond donors (Lipinski definition) is 0. The van der Waals surface area contributed by atoms with Gasteiger partial charge < -0.3 is 14.4 Å². The number of benzene rings is 1. The highest BCUT2D eigenvalue weighted by molar-refractivity contribution is 6.30. The molecule has 5 rings (SSSR count). The largest absolute Gasteiger partial charge is 0.381 e. The highest BCUT2D eigenvalue weighted by Crippen LogP contribution is 2.31.